The highest BCUT2D eigenvalue weighted by Crippen LogP contribution is 2.10. The summed E-state index contributed by atoms with van der Waals surface area (Å²) in [6.07, 6.45) is 4.03. The van der Waals surface area contributed by atoms with Crippen LogP contribution in [0.5, 0.6) is 0 Å². The first kappa shape index (κ1) is 16.7. The van der Waals surface area contributed by atoms with Crippen LogP contribution >= 0.6 is 0 Å². The number of benzene rings is 2. The third-order valence-corrected chi connectivity index (χ3v) is 3.49. The molecule has 0 heterocycles. The Morgan fingerprint density at radius 1 is 1.04 bits per heavy atom. The van der Waals surface area contributed by atoms with E-state index in [9.17, 15) is 9.59 Å². The zero-order valence-electron chi connectivity index (χ0n) is 13.5. The lowest BCUT2D eigenvalue weighted by atomic mass is 10.0. The summed E-state index contributed by atoms with van der Waals surface area (Å²) in [6.45, 7) is 3.44. The maximum absolute atomic E-state index is 12.4. The summed E-state index contributed by atoms with van der Waals surface area (Å²) in [7, 11) is 0. The Hall–Kier alpha value is -2.68. The Morgan fingerprint density at radius 2 is 1.70 bits per heavy atom. The first-order chi connectivity index (χ1) is 11.0. The first-order valence-electron chi connectivity index (χ1n) is 7.65. The molecule has 0 fully saturated rings. The molecule has 0 aromatic heterocycles. The number of carbonyl (C=O) groups excluding carboxylic acids is 2. The van der Waals surface area contributed by atoms with Gasteiger partial charge in [0.1, 0.15) is 0 Å². The van der Waals surface area contributed by atoms with Gasteiger partial charge >= 0.3 is 0 Å². The van der Waals surface area contributed by atoms with Crippen LogP contribution in [0.3, 0.4) is 0 Å². The van der Waals surface area contributed by atoms with E-state index in [1.807, 2.05) is 73.7 Å². The SMILES string of the molecule is CC(=O)NC(/C=C/c1ccccc1)CC(=O)c1ccc(C)cc1. The molecule has 2 aromatic rings. The molecule has 118 valence electrons. The molecule has 0 spiro atoms. The predicted molar refractivity (Wildman–Crippen MR) is 93.2 cm³/mol. The van der Waals surface area contributed by atoms with Gasteiger partial charge < -0.3 is 5.32 Å². The van der Waals surface area contributed by atoms with Gasteiger partial charge in [0, 0.05) is 18.9 Å². The second-order valence-corrected chi connectivity index (χ2v) is 5.57. The molecule has 1 N–H and O–H groups in total. The zero-order chi connectivity index (χ0) is 16.7. The summed E-state index contributed by atoms with van der Waals surface area (Å²) in [5, 5.41) is 2.82. The topological polar surface area (TPSA) is 46.2 Å². The molecular weight excluding hydrogens is 286 g/mol. The van der Waals surface area contributed by atoms with Crippen molar-refractivity contribution in [3.63, 3.8) is 0 Å². The third kappa shape index (κ3) is 5.55. The number of aryl methyl sites for hydroxylation is 1. The molecule has 2 aromatic carbocycles. The van der Waals surface area contributed by atoms with Crippen LogP contribution < -0.4 is 5.32 Å². The average Bonchev–Trinajstić information content (AvgIpc) is 2.53. The monoisotopic (exact) mass is 307 g/mol. The number of rotatable bonds is 6. The smallest absolute Gasteiger partial charge is 0.217 e. The van der Waals surface area contributed by atoms with E-state index in [2.05, 4.69) is 5.32 Å². The summed E-state index contributed by atoms with van der Waals surface area (Å²) in [6, 6.07) is 17.0. The van der Waals surface area contributed by atoms with Crippen LogP contribution in [0.25, 0.3) is 6.08 Å². The van der Waals surface area contributed by atoms with E-state index < -0.39 is 0 Å². The lowest BCUT2D eigenvalue weighted by molar-refractivity contribution is -0.119. The van der Waals surface area contributed by atoms with Crippen LogP contribution in [-0.2, 0) is 4.79 Å². The molecule has 0 saturated heterocycles. The highest BCUT2D eigenvalue weighted by Gasteiger charge is 2.13. The zero-order valence-corrected chi connectivity index (χ0v) is 13.5. The lowest BCUT2D eigenvalue weighted by Crippen LogP contribution is -2.33. The second kappa shape index (κ2) is 8.08. The number of ketones is 1. The molecule has 0 bridgehead atoms. The Kier molecular flexibility index (Phi) is 5.87. The van der Waals surface area contributed by atoms with Crippen molar-refractivity contribution in [2.45, 2.75) is 26.3 Å². The van der Waals surface area contributed by atoms with Crippen molar-refractivity contribution in [1.29, 1.82) is 0 Å². The Morgan fingerprint density at radius 3 is 2.30 bits per heavy atom. The number of Topliss-reactive ketones (excluding diaryl/α,β-unsaturated/α-hetero) is 1. The van der Waals surface area contributed by atoms with Crippen molar-refractivity contribution in [3.8, 4) is 0 Å². The Balaban J connectivity index is 2.09. The molecule has 3 heteroatoms. The van der Waals surface area contributed by atoms with Gasteiger partial charge in [0.25, 0.3) is 0 Å². The lowest BCUT2D eigenvalue weighted by Gasteiger charge is -2.13. The summed E-state index contributed by atoms with van der Waals surface area (Å²) >= 11 is 0. The van der Waals surface area contributed by atoms with Crippen molar-refractivity contribution in [3.05, 3.63) is 77.4 Å². The van der Waals surface area contributed by atoms with E-state index >= 15 is 0 Å². The molecule has 0 radical (unpaired) electrons. The van der Waals surface area contributed by atoms with Crippen LogP contribution in [0.4, 0.5) is 0 Å². The first-order valence-corrected chi connectivity index (χ1v) is 7.65. The predicted octanol–water partition coefficient (Wildman–Crippen LogP) is 3.79. The van der Waals surface area contributed by atoms with Gasteiger partial charge in [-0.3, -0.25) is 9.59 Å². The van der Waals surface area contributed by atoms with Crippen molar-refractivity contribution in [2.75, 3.05) is 0 Å². The van der Waals surface area contributed by atoms with Crippen LogP contribution in [0.2, 0.25) is 0 Å². The summed E-state index contributed by atoms with van der Waals surface area (Å²) in [5.41, 5.74) is 2.81. The van der Waals surface area contributed by atoms with E-state index in [4.69, 9.17) is 0 Å². The summed E-state index contributed by atoms with van der Waals surface area (Å²) in [5.74, 6) is -0.133. The molecule has 3 nitrogen and oxygen atoms in total. The van der Waals surface area contributed by atoms with Crippen LogP contribution in [0.1, 0.15) is 34.8 Å². The van der Waals surface area contributed by atoms with Crippen molar-refractivity contribution < 1.29 is 9.59 Å². The molecule has 23 heavy (non-hydrogen) atoms. The van der Waals surface area contributed by atoms with Crippen LogP contribution in [-0.4, -0.2) is 17.7 Å². The van der Waals surface area contributed by atoms with Crippen molar-refractivity contribution in [1.82, 2.24) is 5.32 Å². The number of hydrogen-bond acceptors (Lipinski definition) is 2. The maximum atomic E-state index is 12.4. The molecule has 1 amide bonds. The molecular formula is C20H21NO2. The van der Waals surface area contributed by atoms with Gasteiger partial charge in [-0.05, 0) is 12.5 Å². The highest BCUT2D eigenvalue weighted by molar-refractivity contribution is 5.97. The van der Waals surface area contributed by atoms with E-state index in [0.29, 0.717) is 5.56 Å². The fourth-order valence-electron chi connectivity index (χ4n) is 2.28. The van der Waals surface area contributed by atoms with E-state index in [1.165, 1.54) is 6.92 Å². The summed E-state index contributed by atoms with van der Waals surface area (Å²) < 4.78 is 0. The Bertz CT molecular complexity index is 687. The van der Waals surface area contributed by atoms with Gasteiger partial charge in [0.2, 0.25) is 5.91 Å². The molecule has 0 saturated carbocycles. The summed E-state index contributed by atoms with van der Waals surface area (Å²) in [4.78, 5) is 23.7. The van der Waals surface area contributed by atoms with Gasteiger partial charge in [-0.1, -0.05) is 72.3 Å². The molecule has 2 rings (SSSR count). The number of nitrogens with one attached hydrogen (secondary N) is 1. The minimum Gasteiger partial charge on any atom is -0.350 e. The highest BCUT2D eigenvalue weighted by atomic mass is 16.1. The molecule has 0 aliphatic carbocycles. The van der Waals surface area contributed by atoms with E-state index in [-0.39, 0.29) is 24.2 Å². The van der Waals surface area contributed by atoms with Gasteiger partial charge in [-0.2, -0.15) is 0 Å². The normalized spacial score (nSPS) is 12.1. The fourth-order valence-corrected chi connectivity index (χ4v) is 2.28. The van der Waals surface area contributed by atoms with Gasteiger partial charge in [-0.15, -0.1) is 0 Å². The minimum absolute atomic E-state index is 0.0152. The number of hydrogen-bond donors (Lipinski definition) is 1. The van der Waals surface area contributed by atoms with Gasteiger partial charge in [0.05, 0.1) is 6.04 Å². The number of carbonyl (C=O) groups is 2. The van der Waals surface area contributed by atoms with Crippen molar-refractivity contribution in [2.24, 2.45) is 0 Å². The average molecular weight is 307 g/mol. The Labute approximate surface area is 137 Å². The molecule has 1 atom stereocenters. The van der Waals surface area contributed by atoms with Crippen molar-refractivity contribution >= 4 is 17.8 Å². The van der Waals surface area contributed by atoms with Gasteiger partial charge in [-0.25, -0.2) is 0 Å². The molecule has 1 unspecified atom stereocenters. The van der Waals surface area contributed by atoms with Crippen LogP contribution in [0, 0.1) is 6.92 Å². The number of amides is 1. The van der Waals surface area contributed by atoms with E-state index in [0.717, 1.165) is 11.1 Å². The van der Waals surface area contributed by atoms with Crippen LogP contribution in [0.15, 0.2) is 60.7 Å². The second-order valence-electron chi connectivity index (χ2n) is 5.57. The molecule has 0 aliphatic rings. The van der Waals surface area contributed by atoms with E-state index in [1.54, 1.807) is 0 Å². The fraction of sp³-hybridized carbons (Fsp3) is 0.200. The quantitative estimate of drug-likeness (QED) is 0.825. The standard InChI is InChI=1S/C20H21NO2/c1-15-8-11-18(12-9-15)20(23)14-19(21-16(2)22)13-10-17-6-4-3-5-7-17/h3-13,19H,14H2,1-2H3,(H,21,22)/b13-10+. The minimum atomic E-state index is -0.318. The maximum Gasteiger partial charge on any atom is 0.217 e. The van der Waals surface area contributed by atoms with Gasteiger partial charge in [0.15, 0.2) is 5.78 Å². The largest absolute Gasteiger partial charge is 0.350 e. The third-order valence-electron chi connectivity index (χ3n) is 3.49. The molecule has 0 aliphatic heterocycles.